The standard InChI is InChI=1S/C13H17FN2S/c1-10-6-4-5-9-16(10)13(17)15-12-8-3-2-7-11(12)14/h2-3,7-8,10H,4-6,9H2,1H3,(H,15,17). The second-order valence-corrected chi connectivity index (χ2v) is 4.83. The Morgan fingerprint density at radius 1 is 1.41 bits per heavy atom. The molecule has 1 unspecified atom stereocenters. The fourth-order valence-corrected chi connectivity index (χ4v) is 2.53. The molecule has 2 rings (SSSR count). The van der Waals surface area contributed by atoms with Gasteiger partial charge in [-0.1, -0.05) is 12.1 Å². The molecule has 0 aromatic heterocycles. The van der Waals surface area contributed by atoms with Crippen molar-refractivity contribution in [3.8, 4) is 0 Å². The highest BCUT2D eigenvalue weighted by Gasteiger charge is 2.20. The highest BCUT2D eigenvalue weighted by Crippen LogP contribution is 2.19. The molecular formula is C13H17FN2S. The van der Waals surface area contributed by atoms with Crippen molar-refractivity contribution in [3.63, 3.8) is 0 Å². The van der Waals surface area contributed by atoms with Crippen LogP contribution in [0.4, 0.5) is 10.1 Å². The van der Waals surface area contributed by atoms with E-state index in [1.807, 2.05) is 0 Å². The molecule has 17 heavy (non-hydrogen) atoms. The maximum Gasteiger partial charge on any atom is 0.173 e. The van der Waals surface area contributed by atoms with Crippen LogP contribution in [0.15, 0.2) is 24.3 Å². The molecule has 92 valence electrons. The van der Waals surface area contributed by atoms with Crippen LogP contribution >= 0.6 is 12.2 Å². The van der Waals surface area contributed by atoms with E-state index in [4.69, 9.17) is 12.2 Å². The predicted molar refractivity (Wildman–Crippen MR) is 72.6 cm³/mol. The molecule has 0 aliphatic carbocycles. The van der Waals surface area contributed by atoms with Crippen molar-refractivity contribution in [3.05, 3.63) is 30.1 Å². The van der Waals surface area contributed by atoms with E-state index in [9.17, 15) is 4.39 Å². The smallest absolute Gasteiger partial charge is 0.173 e. The van der Waals surface area contributed by atoms with Crippen molar-refractivity contribution >= 4 is 23.0 Å². The normalized spacial score (nSPS) is 20.1. The van der Waals surface area contributed by atoms with E-state index < -0.39 is 0 Å². The van der Waals surface area contributed by atoms with Crippen LogP contribution in [0.25, 0.3) is 0 Å². The highest BCUT2D eigenvalue weighted by atomic mass is 32.1. The van der Waals surface area contributed by atoms with Crippen LogP contribution in [0.3, 0.4) is 0 Å². The number of hydrogen-bond acceptors (Lipinski definition) is 1. The number of thiocarbonyl (C=S) groups is 1. The molecule has 1 fully saturated rings. The van der Waals surface area contributed by atoms with Crippen molar-refractivity contribution in [1.82, 2.24) is 4.90 Å². The van der Waals surface area contributed by atoms with E-state index in [1.165, 1.54) is 12.5 Å². The zero-order valence-electron chi connectivity index (χ0n) is 9.95. The van der Waals surface area contributed by atoms with Gasteiger partial charge in [-0.3, -0.25) is 0 Å². The van der Waals surface area contributed by atoms with Gasteiger partial charge in [-0.15, -0.1) is 0 Å². The van der Waals surface area contributed by atoms with Crippen LogP contribution in [0.1, 0.15) is 26.2 Å². The topological polar surface area (TPSA) is 15.3 Å². The fraction of sp³-hybridized carbons (Fsp3) is 0.462. The first-order valence-corrected chi connectivity index (χ1v) is 6.41. The molecule has 2 nitrogen and oxygen atoms in total. The third-order valence-electron chi connectivity index (χ3n) is 3.18. The number of piperidine rings is 1. The molecule has 0 amide bonds. The van der Waals surface area contributed by atoms with Gasteiger partial charge in [-0.2, -0.15) is 0 Å². The monoisotopic (exact) mass is 252 g/mol. The number of anilines is 1. The Morgan fingerprint density at radius 2 is 2.18 bits per heavy atom. The Bertz CT molecular complexity index is 408. The summed E-state index contributed by atoms with van der Waals surface area (Å²) in [6, 6.07) is 7.05. The number of para-hydroxylation sites is 1. The lowest BCUT2D eigenvalue weighted by atomic mass is 10.0. The van der Waals surface area contributed by atoms with Gasteiger partial charge in [0.15, 0.2) is 5.11 Å². The quantitative estimate of drug-likeness (QED) is 0.771. The molecule has 1 atom stereocenters. The van der Waals surface area contributed by atoms with E-state index in [0.29, 0.717) is 16.8 Å². The number of nitrogens with zero attached hydrogens (tertiary/aromatic N) is 1. The van der Waals surface area contributed by atoms with Crippen LogP contribution in [-0.2, 0) is 0 Å². The van der Waals surface area contributed by atoms with Gasteiger partial charge in [0.2, 0.25) is 0 Å². The minimum absolute atomic E-state index is 0.264. The second-order valence-electron chi connectivity index (χ2n) is 4.45. The molecule has 1 saturated heterocycles. The predicted octanol–water partition coefficient (Wildman–Crippen LogP) is 3.40. The summed E-state index contributed by atoms with van der Waals surface area (Å²) in [4.78, 5) is 2.14. The zero-order chi connectivity index (χ0) is 12.3. The third-order valence-corrected chi connectivity index (χ3v) is 3.52. The average molecular weight is 252 g/mol. The molecule has 1 aromatic rings. The molecule has 1 aliphatic heterocycles. The van der Waals surface area contributed by atoms with Crippen molar-refractivity contribution in [2.24, 2.45) is 0 Å². The number of nitrogens with one attached hydrogen (secondary N) is 1. The lowest BCUT2D eigenvalue weighted by Gasteiger charge is -2.35. The van der Waals surface area contributed by atoms with Crippen molar-refractivity contribution in [2.75, 3.05) is 11.9 Å². The van der Waals surface area contributed by atoms with Gasteiger partial charge in [0.1, 0.15) is 5.82 Å². The minimum Gasteiger partial charge on any atom is -0.346 e. The summed E-state index contributed by atoms with van der Waals surface area (Å²) in [5.74, 6) is -0.264. The van der Waals surface area contributed by atoms with Crippen molar-refractivity contribution in [2.45, 2.75) is 32.2 Å². The maximum absolute atomic E-state index is 13.5. The first-order chi connectivity index (χ1) is 8.18. The number of halogens is 1. The Hall–Kier alpha value is -1.16. The van der Waals surface area contributed by atoms with Gasteiger partial charge in [-0.05, 0) is 50.5 Å². The summed E-state index contributed by atoms with van der Waals surface area (Å²) >= 11 is 5.34. The number of hydrogen-bond donors (Lipinski definition) is 1. The molecule has 1 heterocycles. The van der Waals surface area contributed by atoms with E-state index in [1.54, 1.807) is 18.2 Å². The summed E-state index contributed by atoms with van der Waals surface area (Å²) in [5, 5.41) is 3.62. The summed E-state index contributed by atoms with van der Waals surface area (Å²) in [6.45, 7) is 3.12. The first kappa shape index (κ1) is 12.3. The molecule has 0 spiro atoms. The van der Waals surface area contributed by atoms with Gasteiger partial charge in [-0.25, -0.2) is 4.39 Å². The van der Waals surface area contributed by atoms with Gasteiger partial charge in [0, 0.05) is 12.6 Å². The van der Waals surface area contributed by atoms with Gasteiger partial charge in [0.25, 0.3) is 0 Å². The average Bonchev–Trinajstić information content (AvgIpc) is 2.32. The van der Waals surface area contributed by atoms with Crippen LogP contribution in [0, 0.1) is 5.82 Å². The molecule has 1 aliphatic rings. The molecule has 1 N–H and O–H groups in total. The summed E-state index contributed by atoms with van der Waals surface area (Å²) in [6.07, 6.45) is 3.56. The van der Waals surface area contributed by atoms with Crippen LogP contribution in [-0.4, -0.2) is 22.6 Å². The Kier molecular flexibility index (Phi) is 3.94. The third kappa shape index (κ3) is 2.94. The summed E-state index contributed by atoms with van der Waals surface area (Å²) < 4.78 is 13.5. The number of benzene rings is 1. The Labute approximate surface area is 107 Å². The Morgan fingerprint density at radius 3 is 2.88 bits per heavy atom. The van der Waals surface area contributed by atoms with Crippen LogP contribution in [0.2, 0.25) is 0 Å². The van der Waals surface area contributed by atoms with E-state index in [0.717, 1.165) is 19.4 Å². The lowest BCUT2D eigenvalue weighted by Crippen LogP contribution is -2.44. The minimum atomic E-state index is -0.264. The van der Waals surface area contributed by atoms with Crippen molar-refractivity contribution in [1.29, 1.82) is 0 Å². The fourth-order valence-electron chi connectivity index (χ4n) is 2.15. The van der Waals surface area contributed by atoms with Gasteiger partial charge < -0.3 is 10.2 Å². The van der Waals surface area contributed by atoms with E-state index in [2.05, 4.69) is 17.1 Å². The molecule has 4 heteroatoms. The first-order valence-electron chi connectivity index (χ1n) is 6.00. The summed E-state index contributed by atoms with van der Waals surface area (Å²) in [7, 11) is 0. The molecular weight excluding hydrogens is 235 g/mol. The van der Waals surface area contributed by atoms with E-state index >= 15 is 0 Å². The van der Waals surface area contributed by atoms with E-state index in [-0.39, 0.29) is 5.82 Å². The zero-order valence-corrected chi connectivity index (χ0v) is 10.8. The largest absolute Gasteiger partial charge is 0.346 e. The SMILES string of the molecule is CC1CCCCN1C(=S)Nc1ccccc1F. The Balaban J connectivity index is 2.03. The molecule has 1 aromatic carbocycles. The van der Waals surface area contributed by atoms with Crippen LogP contribution in [0.5, 0.6) is 0 Å². The highest BCUT2D eigenvalue weighted by molar-refractivity contribution is 7.80. The number of rotatable bonds is 1. The molecule has 0 bridgehead atoms. The molecule has 0 radical (unpaired) electrons. The second kappa shape index (κ2) is 5.45. The maximum atomic E-state index is 13.5. The number of likely N-dealkylation sites (tertiary alicyclic amines) is 1. The van der Waals surface area contributed by atoms with Crippen LogP contribution < -0.4 is 5.32 Å². The summed E-state index contributed by atoms with van der Waals surface area (Å²) in [5.41, 5.74) is 0.454. The lowest BCUT2D eigenvalue weighted by molar-refractivity contribution is 0.262. The molecule has 0 saturated carbocycles. The van der Waals surface area contributed by atoms with Gasteiger partial charge in [0.05, 0.1) is 5.69 Å². The van der Waals surface area contributed by atoms with Crippen molar-refractivity contribution < 1.29 is 4.39 Å². The van der Waals surface area contributed by atoms with Gasteiger partial charge >= 0.3 is 0 Å².